The van der Waals surface area contributed by atoms with Crippen molar-refractivity contribution >= 4 is 15.9 Å². The number of rotatable bonds is 7. The van der Waals surface area contributed by atoms with E-state index in [0.29, 0.717) is 10.2 Å². The molecule has 0 bridgehead atoms. The molecule has 1 aromatic carbocycles. The molecule has 1 N–H and O–H groups in total. The van der Waals surface area contributed by atoms with Crippen molar-refractivity contribution < 1.29 is 9.13 Å². The molecule has 0 aliphatic carbocycles. The first-order chi connectivity index (χ1) is 8.17. The average Bonchev–Trinajstić information content (AvgIpc) is 2.32. The Morgan fingerprint density at radius 3 is 2.76 bits per heavy atom. The molecule has 0 saturated carbocycles. The molecule has 17 heavy (non-hydrogen) atoms. The molecule has 0 heterocycles. The monoisotopic (exact) mass is 303 g/mol. The van der Waals surface area contributed by atoms with Gasteiger partial charge in [0.15, 0.2) is 0 Å². The van der Waals surface area contributed by atoms with Gasteiger partial charge in [0.1, 0.15) is 17.7 Å². The van der Waals surface area contributed by atoms with Crippen molar-refractivity contribution in [3.8, 4) is 5.75 Å². The van der Waals surface area contributed by atoms with Crippen molar-refractivity contribution in [3.63, 3.8) is 0 Å². The number of benzene rings is 1. The Bertz CT molecular complexity index is 346. The van der Waals surface area contributed by atoms with Crippen LogP contribution in [0.4, 0.5) is 4.39 Å². The van der Waals surface area contributed by atoms with Crippen LogP contribution in [0.2, 0.25) is 0 Å². The molecule has 2 nitrogen and oxygen atoms in total. The van der Waals surface area contributed by atoms with Gasteiger partial charge < -0.3 is 10.1 Å². The van der Waals surface area contributed by atoms with Gasteiger partial charge in [-0.3, -0.25) is 0 Å². The minimum Gasteiger partial charge on any atom is -0.489 e. The van der Waals surface area contributed by atoms with Crippen LogP contribution in [-0.2, 0) is 0 Å². The predicted molar refractivity (Wildman–Crippen MR) is 72.0 cm³/mol. The number of nitrogens with one attached hydrogen (secondary N) is 1. The number of hydrogen-bond donors (Lipinski definition) is 1. The SMILES string of the molecule is CCCNCC(CC)Oc1ccc(Br)c(F)c1. The third kappa shape index (κ3) is 5.04. The van der Waals surface area contributed by atoms with Gasteiger partial charge in [-0.15, -0.1) is 0 Å². The van der Waals surface area contributed by atoms with Gasteiger partial charge in [-0.1, -0.05) is 13.8 Å². The van der Waals surface area contributed by atoms with Crippen LogP contribution in [0.25, 0.3) is 0 Å². The van der Waals surface area contributed by atoms with Crippen LogP contribution in [0.5, 0.6) is 5.75 Å². The van der Waals surface area contributed by atoms with E-state index < -0.39 is 0 Å². The second kappa shape index (κ2) is 7.67. The lowest BCUT2D eigenvalue weighted by molar-refractivity contribution is 0.193. The van der Waals surface area contributed by atoms with E-state index in [2.05, 4.69) is 35.1 Å². The third-order valence-corrected chi connectivity index (χ3v) is 3.09. The molecule has 0 spiro atoms. The summed E-state index contributed by atoms with van der Waals surface area (Å²) >= 11 is 3.12. The van der Waals surface area contributed by atoms with E-state index in [0.717, 1.165) is 25.9 Å². The summed E-state index contributed by atoms with van der Waals surface area (Å²) in [7, 11) is 0. The van der Waals surface area contributed by atoms with E-state index in [4.69, 9.17) is 4.74 Å². The Hall–Kier alpha value is -0.610. The van der Waals surface area contributed by atoms with Gasteiger partial charge in [-0.25, -0.2) is 4.39 Å². The molecule has 0 fully saturated rings. The van der Waals surface area contributed by atoms with Gasteiger partial charge in [0.05, 0.1) is 4.47 Å². The highest BCUT2D eigenvalue weighted by molar-refractivity contribution is 9.10. The van der Waals surface area contributed by atoms with Crippen molar-refractivity contribution in [2.24, 2.45) is 0 Å². The molecule has 0 aliphatic rings. The fourth-order valence-electron chi connectivity index (χ4n) is 1.45. The topological polar surface area (TPSA) is 21.3 Å². The van der Waals surface area contributed by atoms with E-state index in [-0.39, 0.29) is 11.9 Å². The van der Waals surface area contributed by atoms with Crippen LogP contribution >= 0.6 is 15.9 Å². The van der Waals surface area contributed by atoms with Crippen molar-refractivity contribution in [2.45, 2.75) is 32.8 Å². The Morgan fingerprint density at radius 1 is 1.41 bits per heavy atom. The van der Waals surface area contributed by atoms with Crippen molar-refractivity contribution in [1.82, 2.24) is 5.32 Å². The van der Waals surface area contributed by atoms with Gasteiger partial charge in [0.2, 0.25) is 0 Å². The molecular weight excluding hydrogens is 285 g/mol. The van der Waals surface area contributed by atoms with Crippen LogP contribution in [-0.4, -0.2) is 19.2 Å². The normalized spacial score (nSPS) is 12.5. The van der Waals surface area contributed by atoms with Gasteiger partial charge in [0.25, 0.3) is 0 Å². The van der Waals surface area contributed by atoms with Crippen LogP contribution in [0.15, 0.2) is 22.7 Å². The predicted octanol–water partition coefficient (Wildman–Crippen LogP) is 3.75. The van der Waals surface area contributed by atoms with Crippen molar-refractivity contribution in [2.75, 3.05) is 13.1 Å². The largest absolute Gasteiger partial charge is 0.489 e. The Balaban J connectivity index is 2.51. The maximum atomic E-state index is 13.3. The maximum absolute atomic E-state index is 13.3. The summed E-state index contributed by atoms with van der Waals surface area (Å²) in [6.45, 7) is 5.96. The molecule has 0 aromatic heterocycles. The molecule has 0 amide bonds. The lowest BCUT2D eigenvalue weighted by atomic mass is 10.2. The molecule has 4 heteroatoms. The third-order valence-electron chi connectivity index (χ3n) is 2.45. The molecule has 1 aromatic rings. The van der Waals surface area contributed by atoms with Crippen LogP contribution < -0.4 is 10.1 Å². The maximum Gasteiger partial charge on any atom is 0.141 e. The molecule has 0 aliphatic heterocycles. The first kappa shape index (κ1) is 14.5. The molecule has 0 saturated heterocycles. The Kier molecular flexibility index (Phi) is 6.52. The minimum absolute atomic E-state index is 0.0853. The van der Waals surface area contributed by atoms with Crippen molar-refractivity contribution in [1.29, 1.82) is 0 Å². The Labute approximate surface area is 111 Å². The van der Waals surface area contributed by atoms with E-state index in [1.807, 2.05) is 0 Å². The summed E-state index contributed by atoms with van der Waals surface area (Å²) in [5.74, 6) is 0.287. The second-order valence-electron chi connectivity index (χ2n) is 3.93. The van der Waals surface area contributed by atoms with Gasteiger partial charge >= 0.3 is 0 Å². The number of ether oxygens (including phenoxy) is 1. The number of halogens is 2. The van der Waals surface area contributed by atoms with Gasteiger partial charge in [-0.05, 0) is 47.4 Å². The lowest BCUT2D eigenvalue weighted by Crippen LogP contribution is -2.31. The van der Waals surface area contributed by atoms with E-state index in [1.54, 1.807) is 12.1 Å². The standard InChI is InChI=1S/C13H19BrFNO/c1-3-7-16-9-10(4-2)17-11-5-6-12(14)13(15)8-11/h5-6,8,10,16H,3-4,7,9H2,1-2H3. The molecule has 1 atom stereocenters. The molecule has 0 radical (unpaired) electrons. The zero-order valence-corrected chi connectivity index (χ0v) is 11.9. The first-order valence-electron chi connectivity index (χ1n) is 5.99. The summed E-state index contributed by atoms with van der Waals surface area (Å²) in [4.78, 5) is 0. The zero-order chi connectivity index (χ0) is 12.7. The zero-order valence-electron chi connectivity index (χ0n) is 10.3. The van der Waals surface area contributed by atoms with E-state index in [9.17, 15) is 4.39 Å². The molecule has 1 unspecified atom stereocenters. The fraction of sp³-hybridized carbons (Fsp3) is 0.538. The second-order valence-corrected chi connectivity index (χ2v) is 4.78. The quantitative estimate of drug-likeness (QED) is 0.775. The van der Waals surface area contributed by atoms with Gasteiger partial charge in [-0.2, -0.15) is 0 Å². The highest BCUT2D eigenvalue weighted by atomic mass is 79.9. The van der Waals surface area contributed by atoms with Crippen molar-refractivity contribution in [3.05, 3.63) is 28.5 Å². The van der Waals surface area contributed by atoms with Crippen LogP contribution in [0.3, 0.4) is 0 Å². The van der Waals surface area contributed by atoms with Crippen LogP contribution in [0.1, 0.15) is 26.7 Å². The molecule has 1 rings (SSSR count). The Morgan fingerprint density at radius 2 is 2.18 bits per heavy atom. The summed E-state index contributed by atoms with van der Waals surface area (Å²) in [5, 5.41) is 3.30. The minimum atomic E-state index is -0.293. The summed E-state index contributed by atoms with van der Waals surface area (Å²) in [6, 6.07) is 4.85. The molecular formula is C13H19BrFNO. The smallest absolute Gasteiger partial charge is 0.141 e. The first-order valence-corrected chi connectivity index (χ1v) is 6.79. The highest BCUT2D eigenvalue weighted by Crippen LogP contribution is 2.22. The fourth-order valence-corrected chi connectivity index (χ4v) is 1.70. The highest BCUT2D eigenvalue weighted by Gasteiger charge is 2.09. The average molecular weight is 304 g/mol. The summed E-state index contributed by atoms with van der Waals surface area (Å²) in [5.41, 5.74) is 0. The van der Waals surface area contributed by atoms with Crippen LogP contribution in [0, 0.1) is 5.82 Å². The lowest BCUT2D eigenvalue weighted by Gasteiger charge is -2.18. The summed E-state index contributed by atoms with van der Waals surface area (Å²) in [6.07, 6.45) is 2.08. The van der Waals surface area contributed by atoms with Gasteiger partial charge in [0, 0.05) is 12.6 Å². The summed E-state index contributed by atoms with van der Waals surface area (Å²) < 4.78 is 19.5. The van der Waals surface area contributed by atoms with E-state index >= 15 is 0 Å². The number of hydrogen-bond acceptors (Lipinski definition) is 2. The van der Waals surface area contributed by atoms with E-state index in [1.165, 1.54) is 6.07 Å². The molecule has 96 valence electrons.